The maximum Gasteiger partial charge on any atom is 0.335 e. The Balaban J connectivity index is 2.84. The predicted molar refractivity (Wildman–Crippen MR) is 63.4 cm³/mol. The van der Waals surface area contributed by atoms with E-state index in [1.165, 1.54) is 19.1 Å². The Bertz CT molecular complexity index is 512. The number of nitrogens with one attached hydrogen (secondary N) is 1. The Morgan fingerprint density at radius 1 is 1.41 bits per heavy atom. The molecule has 0 aliphatic heterocycles. The summed E-state index contributed by atoms with van der Waals surface area (Å²) in [6.45, 7) is 1.61. The Hall–Kier alpha value is -2.48. The van der Waals surface area contributed by atoms with Gasteiger partial charge in [0, 0.05) is 18.2 Å². The molecule has 0 bridgehead atoms. The van der Waals surface area contributed by atoms with E-state index in [9.17, 15) is 9.59 Å². The molecular weight excluding hydrogens is 220 g/mol. The normalized spacial score (nSPS) is 9.00. The number of benzene rings is 1. The minimum atomic E-state index is -1.05. The molecule has 1 rings (SSSR count). The molecule has 88 valence electrons. The molecule has 0 aliphatic rings. The van der Waals surface area contributed by atoms with Gasteiger partial charge in [0.25, 0.3) is 0 Å². The standard InChI is InChI=1S/C12H12N2O3/c1-8(15)14-4-2-3-9-5-10(12(16)17)7-11(13)6-9/h5-7H,4,13H2,1H3,(H,14,15)(H,16,17). The maximum absolute atomic E-state index is 10.8. The van der Waals surface area contributed by atoms with Crippen molar-refractivity contribution in [2.45, 2.75) is 6.92 Å². The Morgan fingerprint density at radius 2 is 2.12 bits per heavy atom. The predicted octanol–water partition coefficient (Wildman–Crippen LogP) is 0.455. The summed E-state index contributed by atoms with van der Waals surface area (Å²) in [7, 11) is 0. The molecule has 0 heterocycles. The number of carboxylic acids is 1. The molecule has 1 amide bonds. The quantitative estimate of drug-likeness (QED) is 0.510. The minimum Gasteiger partial charge on any atom is -0.478 e. The van der Waals surface area contributed by atoms with Crippen LogP contribution in [0.2, 0.25) is 0 Å². The zero-order chi connectivity index (χ0) is 12.8. The second-order valence-corrected chi connectivity index (χ2v) is 3.36. The van der Waals surface area contributed by atoms with Crippen molar-refractivity contribution in [3.63, 3.8) is 0 Å². The van der Waals surface area contributed by atoms with Gasteiger partial charge in [-0.05, 0) is 18.2 Å². The summed E-state index contributed by atoms with van der Waals surface area (Å²) < 4.78 is 0. The van der Waals surface area contributed by atoms with Crippen molar-refractivity contribution >= 4 is 17.6 Å². The van der Waals surface area contributed by atoms with Crippen molar-refractivity contribution < 1.29 is 14.7 Å². The van der Waals surface area contributed by atoms with Gasteiger partial charge in [-0.15, -0.1) is 0 Å². The first-order chi connectivity index (χ1) is 7.99. The second kappa shape index (κ2) is 5.56. The molecule has 0 radical (unpaired) electrons. The smallest absolute Gasteiger partial charge is 0.335 e. The van der Waals surface area contributed by atoms with Gasteiger partial charge in [-0.1, -0.05) is 11.8 Å². The number of anilines is 1. The van der Waals surface area contributed by atoms with Gasteiger partial charge >= 0.3 is 5.97 Å². The van der Waals surface area contributed by atoms with Crippen LogP contribution in [-0.2, 0) is 4.79 Å². The van der Waals surface area contributed by atoms with Crippen LogP contribution in [0.25, 0.3) is 0 Å². The highest BCUT2D eigenvalue weighted by Crippen LogP contribution is 2.11. The van der Waals surface area contributed by atoms with Gasteiger partial charge in [-0.25, -0.2) is 4.79 Å². The van der Waals surface area contributed by atoms with Crippen LogP contribution < -0.4 is 11.1 Å². The number of amides is 1. The molecule has 0 unspecified atom stereocenters. The van der Waals surface area contributed by atoms with E-state index in [0.717, 1.165) is 0 Å². The van der Waals surface area contributed by atoms with Crippen LogP contribution in [0.3, 0.4) is 0 Å². The van der Waals surface area contributed by atoms with Gasteiger partial charge in [0.1, 0.15) is 0 Å². The van der Waals surface area contributed by atoms with Crippen molar-refractivity contribution in [3.8, 4) is 11.8 Å². The molecular formula is C12H12N2O3. The molecule has 5 nitrogen and oxygen atoms in total. The summed E-state index contributed by atoms with van der Waals surface area (Å²) in [6.07, 6.45) is 0. The van der Waals surface area contributed by atoms with Crippen LogP contribution in [0.5, 0.6) is 0 Å². The second-order valence-electron chi connectivity index (χ2n) is 3.36. The SMILES string of the molecule is CC(=O)NCC#Cc1cc(N)cc(C(=O)O)c1. The third kappa shape index (κ3) is 4.26. The fraction of sp³-hybridized carbons (Fsp3) is 0.167. The van der Waals surface area contributed by atoms with Crippen molar-refractivity contribution in [1.82, 2.24) is 5.32 Å². The number of hydrogen-bond acceptors (Lipinski definition) is 3. The fourth-order valence-electron chi connectivity index (χ4n) is 1.16. The maximum atomic E-state index is 10.8. The largest absolute Gasteiger partial charge is 0.478 e. The van der Waals surface area contributed by atoms with Crippen LogP contribution in [0.15, 0.2) is 18.2 Å². The lowest BCUT2D eigenvalue weighted by Crippen LogP contribution is -2.19. The Labute approximate surface area is 98.6 Å². The first kappa shape index (κ1) is 12.6. The van der Waals surface area contributed by atoms with Gasteiger partial charge in [-0.2, -0.15) is 0 Å². The first-order valence-corrected chi connectivity index (χ1v) is 4.86. The minimum absolute atomic E-state index is 0.0915. The van der Waals surface area contributed by atoms with E-state index in [1.54, 1.807) is 6.07 Å². The van der Waals surface area contributed by atoms with Crippen LogP contribution in [0.1, 0.15) is 22.8 Å². The molecule has 17 heavy (non-hydrogen) atoms. The van der Waals surface area contributed by atoms with Gasteiger partial charge in [0.15, 0.2) is 0 Å². The molecule has 1 aromatic rings. The molecule has 4 N–H and O–H groups in total. The lowest BCUT2D eigenvalue weighted by atomic mass is 10.1. The summed E-state index contributed by atoms with van der Waals surface area (Å²) in [5, 5.41) is 11.3. The molecule has 0 aliphatic carbocycles. The zero-order valence-electron chi connectivity index (χ0n) is 9.28. The summed E-state index contributed by atoms with van der Waals surface area (Å²) in [4.78, 5) is 21.3. The summed E-state index contributed by atoms with van der Waals surface area (Å²) in [6, 6.07) is 4.37. The van der Waals surface area contributed by atoms with E-state index in [1.807, 2.05) is 0 Å². The molecule has 0 fully saturated rings. The number of hydrogen-bond donors (Lipinski definition) is 3. The van der Waals surface area contributed by atoms with E-state index >= 15 is 0 Å². The highest BCUT2D eigenvalue weighted by molar-refractivity contribution is 5.89. The molecule has 0 atom stereocenters. The molecule has 0 saturated heterocycles. The number of nitrogens with two attached hydrogens (primary N) is 1. The van der Waals surface area contributed by atoms with Crippen molar-refractivity contribution in [2.24, 2.45) is 0 Å². The van der Waals surface area contributed by atoms with Crippen LogP contribution >= 0.6 is 0 Å². The van der Waals surface area contributed by atoms with E-state index in [4.69, 9.17) is 10.8 Å². The number of rotatable bonds is 2. The number of carbonyl (C=O) groups excluding carboxylic acids is 1. The number of carboxylic acid groups (broad SMARTS) is 1. The highest BCUT2D eigenvalue weighted by atomic mass is 16.4. The van der Waals surface area contributed by atoms with Crippen LogP contribution in [0, 0.1) is 11.8 Å². The van der Waals surface area contributed by atoms with E-state index < -0.39 is 5.97 Å². The molecule has 0 saturated carbocycles. The fourth-order valence-corrected chi connectivity index (χ4v) is 1.16. The monoisotopic (exact) mass is 232 g/mol. The van der Waals surface area contributed by atoms with Crippen LogP contribution in [-0.4, -0.2) is 23.5 Å². The molecule has 0 spiro atoms. The van der Waals surface area contributed by atoms with Gasteiger partial charge in [0.2, 0.25) is 5.91 Å². The third-order valence-corrected chi connectivity index (χ3v) is 1.86. The van der Waals surface area contributed by atoms with Crippen LogP contribution in [0.4, 0.5) is 5.69 Å². The molecule has 0 aromatic heterocycles. The average Bonchev–Trinajstić information content (AvgIpc) is 2.23. The van der Waals surface area contributed by atoms with Crippen molar-refractivity contribution in [3.05, 3.63) is 29.3 Å². The van der Waals surface area contributed by atoms with E-state index in [2.05, 4.69) is 17.2 Å². The van der Waals surface area contributed by atoms with Crippen molar-refractivity contribution in [1.29, 1.82) is 0 Å². The first-order valence-electron chi connectivity index (χ1n) is 4.86. The number of aromatic carboxylic acids is 1. The van der Waals surface area contributed by atoms with Gasteiger partial charge in [-0.3, -0.25) is 4.79 Å². The van der Waals surface area contributed by atoms with Gasteiger partial charge in [0.05, 0.1) is 12.1 Å². The topological polar surface area (TPSA) is 92.4 Å². The summed E-state index contributed by atoms with van der Waals surface area (Å²) in [5.74, 6) is 4.20. The Kier molecular flexibility index (Phi) is 4.12. The summed E-state index contributed by atoms with van der Waals surface area (Å²) >= 11 is 0. The number of nitrogen functional groups attached to an aromatic ring is 1. The lowest BCUT2D eigenvalue weighted by molar-refractivity contribution is -0.118. The lowest BCUT2D eigenvalue weighted by Gasteiger charge is -1.99. The average molecular weight is 232 g/mol. The molecule has 1 aromatic carbocycles. The van der Waals surface area contributed by atoms with E-state index in [0.29, 0.717) is 11.3 Å². The third-order valence-electron chi connectivity index (χ3n) is 1.86. The molecule has 5 heteroatoms. The Morgan fingerprint density at radius 3 is 2.71 bits per heavy atom. The number of carbonyl (C=O) groups is 2. The zero-order valence-corrected chi connectivity index (χ0v) is 9.28. The summed E-state index contributed by atoms with van der Waals surface area (Å²) in [5.41, 5.74) is 6.49. The van der Waals surface area contributed by atoms with Crippen molar-refractivity contribution in [2.75, 3.05) is 12.3 Å². The highest BCUT2D eigenvalue weighted by Gasteiger charge is 2.04. The van der Waals surface area contributed by atoms with E-state index in [-0.39, 0.29) is 18.0 Å². The van der Waals surface area contributed by atoms with Gasteiger partial charge < -0.3 is 16.2 Å².